The molecule has 3 nitrogen and oxygen atoms in total. The third kappa shape index (κ3) is 4.07. The highest BCUT2D eigenvalue weighted by atomic mass is 16.5. The van der Waals surface area contributed by atoms with E-state index in [4.69, 9.17) is 4.74 Å². The minimum Gasteiger partial charge on any atom is -0.380 e. The number of hydrogen-bond acceptors (Lipinski definition) is 3. The van der Waals surface area contributed by atoms with Crippen LogP contribution in [0.5, 0.6) is 0 Å². The molecular weight excluding hydrogens is 164 g/mol. The topological polar surface area (TPSA) is 33.3 Å². The van der Waals surface area contributed by atoms with E-state index in [0.717, 1.165) is 26.3 Å². The van der Waals surface area contributed by atoms with Crippen LogP contribution in [0.1, 0.15) is 26.2 Å². The van der Waals surface area contributed by atoms with Crippen molar-refractivity contribution in [3.8, 4) is 0 Å². The Labute approximate surface area is 81.2 Å². The Balaban J connectivity index is 2.10. The summed E-state index contributed by atoms with van der Waals surface area (Å²) in [5, 5.41) is 6.71. The Morgan fingerprint density at radius 2 is 2.23 bits per heavy atom. The second-order valence-corrected chi connectivity index (χ2v) is 4.10. The average Bonchev–Trinajstić information content (AvgIpc) is 2.14. The first-order chi connectivity index (χ1) is 6.27. The van der Waals surface area contributed by atoms with Crippen LogP contribution >= 0.6 is 0 Å². The largest absolute Gasteiger partial charge is 0.380 e. The number of rotatable bonds is 5. The van der Waals surface area contributed by atoms with Gasteiger partial charge >= 0.3 is 0 Å². The first-order valence-corrected chi connectivity index (χ1v) is 5.24. The maximum Gasteiger partial charge on any atom is 0.0645 e. The van der Waals surface area contributed by atoms with Gasteiger partial charge in [-0.3, -0.25) is 0 Å². The molecule has 2 N–H and O–H groups in total. The minimum absolute atomic E-state index is 0.228. The van der Waals surface area contributed by atoms with Crippen LogP contribution in [0, 0.1) is 0 Å². The van der Waals surface area contributed by atoms with Crippen LogP contribution in [0.2, 0.25) is 0 Å². The summed E-state index contributed by atoms with van der Waals surface area (Å²) in [5.74, 6) is 0. The van der Waals surface area contributed by atoms with Gasteiger partial charge in [0.25, 0.3) is 0 Å². The van der Waals surface area contributed by atoms with Gasteiger partial charge in [0, 0.05) is 12.1 Å². The smallest absolute Gasteiger partial charge is 0.0645 e. The van der Waals surface area contributed by atoms with Crippen molar-refractivity contribution >= 4 is 0 Å². The molecule has 1 aliphatic heterocycles. The van der Waals surface area contributed by atoms with Crippen molar-refractivity contribution in [2.24, 2.45) is 0 Å². The highest BCUT2D eigenvalue weighted by molar-refractivity contribution is 4.85. The van der Waals surface area contributed by atoms with Gasteiger partial charge < -0.3 is 15.4 Å². The average molecular weight is 186 g/mol. The minimum atomic E-state index is 0.228. The molecule has 0 bridgehead atoms. The number of ether oxygens (including phenoxy) is 1. The SMILES string of the molecule is CNCCCNC1(C)CCCOC1. The molecule has 1 rings (SSSR count). The van der Waals surface area contributed by atoms with Crippen molar-refractivity contribution in [3.63, 3.8) is 0 Å². The van der Waals surface area contributed by atoms with Crippen molar-refractivity contribution in [2.45, 2.75) is 31.7 Å². The number of hydrogen-bond donors (Lipinski definition) is 2. The van der Waals surface area contributed by atoms with Crippen LogP contribution in [-0.2, 0) is 4.74 Å². The van der Waals surface area contributed by atoms with Crippen molar-refractivity contribution < 1.29 is 4.74 Å². The van der Waals surface area contributed by atoms with Gasteiger partial charge in [0.15, 0.2) is 0 Å². The summed E-state index contributed by atoms with van der Waals surface area (Å²) >= 11 is 0. The zero-order valence-corrected chi connectivity index (χ0v) is 8.86. The summed E-state index contributed by atoms with van der Waals surface area (Å²) in [7, 11) is 1.99. The molecule has 78 valence electrons. The lowest BCUT2D eigenvalue weighted by Crippen LogP contribution is -2.49. The van der Waals surface area contributed by atoms with Gasteiger partial charge in [0.1, 0.15) is 0 Å². The Morgan fingerprint density at radius 1 is 1.38 bits per heavy atom. The third-order valence-electron chi connectivity index (χ3n) is 2.59. The standard InChI is InChI=1S/C10H22N2O/c1-10(5-3-8-13-9-10)12-7-4-6-11-2/h11-12H,3-9H2,1-2H3. The molecule has 0 amide bonds. The molecule has 0 aliphatic carbocycles. The van der Waals surface area contributed by atoms with Gasteiger partial charge in [-0.25, -0.2) is 0 Å². The van der Waals surface area contributed by atoms with E-state index >= 15 is 0 Å². The summed E-state index contributed by atoms with van der Waals surface area (Å²) in [6, 6.07) is 0. The predicted molar refractivity (Wildman–Crippen MR) is 55.0 cm³/mol. The molecule has 13 heavy (non-hydrogen) atoms. The molecule has 0 radical (unpaired) electrons. The fraction of sp³-hybridized carbons (Fsp3) is 1.00. The molecule has 0 aromatic rings. The Hall–Kier alpha value is -0.120. The monoisotopic (exact) mass is 186 g/mol. The predicted octanol–water partition coefficient (Wildman–Crippen LogP) is 0.755. The van der Waals surface area contributed by atoms with E-state index in [2.05, 4.69) is 17.6 Å². The van der Waals surface area contributed by atoms with Gasteiger partial charge in [0.2, 0.25) is 0 Å². The quantitative estimate of drug-likeness (QED) is 0.622. The van der Waals surface area contributed by atoms with Gasteiger partial charge in [-0.15, -0.1) is 0 Å². The highest BCUT2D eigenvalue weighted by Gasteiger charge is 2.26. The highest BCUT2D eigenvalue weighted by Crippen LogP contribution is 2.17. The molecule has 3 heteroatoms. The lowest BCUT2D eigenvalue weighted by Gasteiger charge is -2.34. The van der Waals surface area contributed by atoms with E-state index in [0.29, 0.717) is 0 Å². The molecule has 0 saturated carbocycles. The molecule has 1 aliphatic rings. The van der Waals surface area contributed by atoms with Gasteiger partial charge in [-0.2, -0.15) is 0 Å². The normalized spacial score (nSPS) is 29.1. The fourth-order valence-corrected chi connectivity index (χ4v) is 1.73. The maximum atomic E-state index is 5.46. The summed E-state index contributed by atoms with van der Waals surface area (Å²) in [5.41, 5.74) is 0.228. The van der Waals surface area contributed by atoms with Crippen LogP contribution in [0.25, 0.3) is 0 Å². The fourth-order valence-electron chi connectivity index (χ4n) is 1.73. The van der Waals surface area contributed by atoms with E-state index in [-0.39, 0.29) is 5.54 Å². The molecule has 1 heterocycles. The lowest BCUT2D eigenvalue weighted by atomic mass is 9.95. The lowest BCUT2D eigenvalue weighted by molar-refractivity contribution is 0.0287. The van der Waals surface area contributed by atoms with Crippen LogP contribution in [0.4, 0.5) is 0 Å². The van der Waals surface area contributed by atoms with Crippen molar-refractivity contribution in [1.29, 1.82) is 0 Å². The van der Waals surface area contributed by atoms with Gasteiger partial charge in [-0.05, 0) is 46.3 Å². The zero-order valence-electron chi connectivity index (χ0n) is 8.86. The van der Waals surface area contributed by atoms with Crippen molar-refractivity contribution in [2.75, 3.05) is 33.4 Å². The van der Waals surface area contributed by atoms with Gasteiger partial charge in [-0.1, -0.05) is 0 Å². The van der Waals surface area contributed by atoms with Crippen LogP contribution in [0.15, 0.2) is 0 Å². The molecule has 1 unspecified atom stereocenters. The molecule has 0 aromatic heterocycles. The first kappa shape index (κ1) is 11.0. The Kier molecular flexibility index (Phi) is 4.70. The second-order valence-electron chi connectivity index (χ2n) is 4.10. The van der Waals surface area contributed by atoms with E-state index < -0.39 is 0 Å². The first-order valence-electron chi connectivity index (χ1n) is 5.24. The molecule has 1 fully saturated rings. The zero-order chi connectivity index (χ0) is 9.57. The molecular formula is C10H22N2O. The Bertz CT molecular complexity index is 133. The third-order valence-corrected chi connectivity index (χ3v) is 2.59. The van der Waals surface area contributed by atoms with E-state index in [1.165, 1.54) is 19.3 Å². The van der Waals surface area contributed by atoms with Crippen LogP contribution in [-0.4, -0.2) is 38.9 Å². The van der Waals surface area contributed by atoms with E-state index in [1.807, 2.05) is 7.05 Å². The Morgan fingerprint density at radius 3 is 2.85 bits per heavy atom. The van der Waals surface area contributed by atoms with E-state index in [9.17, 15) is 0 Å². The maximum absolute atomic E-state index is 5.46. The summed E-state index contributed by atoms with van der Waals surface area (Å²) in [4.78, 5) is 0. The van der Waals surface area contributed by atoms with Crippen molar-refractivity contribution in [1.82, 2.24) is 10.6 Å². The van der Waals surface area contributed by atoms with Crippen LogP contribution < -0.4 is 10.6 Å². The van der Waals surface area contributed by atoms with Crippen LogP contribution in [0.3, 0.4) is 0 Å². The molecule has 1 saturated heterocycles. The van der Waals surface area contributed by atoms with E-state index in [1.54, 1.807) is 0 Å². The van der Waals surface area contributed by atoms with Crippen molar-refractivity contribution in [3.05, 3.63) is 0 Å². The second kappa shape index (κ2) is 5.58. The molecule has 0 spiro atoms. The summed E-state index contributed by atoms with van der Waals surface area (Å²) in [6.07, 6.45) is 3.62. The summed E-state index contributed by atoms with van der Waals surface area (Å²) < 4.78 is 5.46. The number of nitrogens with one attached hydrogen (secondary N) is 2. The molecule has 1 atom stereocenters. The summed E-state index contributed by atoms with van der Waals surface area (Å²) in [6.45, 7) is 6.23. The van der Waals surface area contributed by atoms with Gasteiger partial charge in [0.05, 0.1) is 6.61 Å². The molecule has 0 aromatic carbocycles.